The van der Waals surface area contributed by atoms with Gasteiger partial charge >= 0.3 is 6.18 Å². The molecule has 0 spiro atoms. The number of hydrogen-bond acceptors (Lipinski definition) is 2. The molecular weight excluding hydrogens is 233 g/mol. The Labute approximate surface area is 97.4 Å². The zero-order valence-electron chi connectivity index (χ0n) is 9.33. The largest absolute Gasteiger partial charge is 0.494 e. The molecule has 1 aromatic carbocycles. The van der Waals surface area contributed by atoms with Gasteiger partial charge in [-0.05, 0) is 24.1 Å². The predicted molar refractivity (Wildman–Crippen MR) is 57.1 cm³/mol. The van der Waals surface area contributed by atoms with E-state index in [1.165, 1.54) is 24.3 Å². The fourth-order valence-electron chi connectivity index (χ4n) is 1.34. The van der Waals surface area contributed by atoms with Gasteiger partial charge in [0.1, 0.15) is 18.0 Å². The Hall–Kier alpha value is -1.52. The molecule has 5 heteroatoms. The molecule has 0 fully saturated rings. The number of ether oxygens (including phenoxy) is 1. The third-order valence-electron chi connectivity index (χ3n) is 2.20. The van der Waals surface area contributed by atoms with Crippen LogP contribution in [0, 0.1) is 0 Å². The third kappa shape index (κ3) is 3.76. The predicted octanol–water partition coefficient (Wildman–Crippen LogP) is 3.32. The van der Waals surface area contributed by atoms with E-state index in [1.54, 1.807) is 0 Å². The highest BCUT2D eigenvalue weighted by atomic mass is 19.4. The Bertz CT molecular complexity index is 357. The summed E-state index contributed by atoms with van der Waals surface area (Å²) in [4.78, 5) is 10.5. The second-order valence-electron chi connectivity index (χ2n) is 3.57. The molecule has 0 saturated heterocycles. The molecule has 0 aliphatic carbocycles. The van der Waals surface area contributed by atoms with Crippen molar-refractivity contribution in [2.24, 2.45) is 0 Å². The molecule has 0 N–H and O–H groups in total. The molecule has 0 saturated carbocycles. The molecular formula is C12H13F3O2. The number of carbonyl (C=O) groups is 1. The first-order chi connectivity index (χ1) is 7.99. The van der Waals surface area contributed by atoms with Gasteiger partial charge in [-0.2, -0.15) is 13.2 Å². The SMILES string of the molecule is CCCOc1ccc(C(C=O)C(F)(F)F)cc1. The molecule has 0 aliphatic rings. The van der Waals surface area contributed by atoms with Crippen LogP contribution in [-0.2, 0) is 4.79 Å². The van der Waals surface area contributed by atoms with Crippen molar-refractivity contribution in [1.82, 2.24) is 0 Å². The van der Waals surface area contributed by atoms with Crippen LogP contribution in [0.3, 0.4) is 0 Å². The molecule has 1 atom stereocenters. The lowest BCUT2D eigenvalue weighted by Gasteiger charge is -2.15. The first-order valence-electron chi connectivity index (χ1n) is 5.23. The highest BCUT2D eigenvalue weighted by molar-refractivity contribution is 5.63. The summed E-state index contributed by atoms with van der Waals surface area (Å²) in [5.74, 6) is -1.56. The fraction of sp³-hybridized carbons (Fsp3) is 0.417. The number of carbonyl (C=O) groups excluding carboxylic acids is 1. The maximum absolute atomic E-state index is 12.4. The van der Waals surface area contributed by atoms with Crippen molar-refractivity contribution in [2.75, 3.05) is 6.61 Å². The molecule has 0 bridgehead atoms. The number of aldehydes is 1. The van der Waals surface area contributed by atoms with Crippen LogP contribution in [0.25, 0.3) is 0 Å². The number of hydrogen-bond donors (Lipinski definition) is 0. The highest BCUT2D eigenvalue weighted by Gasteiger charge is 2.40. The number of benzene rings is 1. The Balaban J connectivity index is 2.82. The van der Waals surface area contributed by atoms with Crippen molar-refractivity contribution in [1.29, 1.82) is 0 Å². The molecule has 0 aliphatic heterocycles. The van der Waals surface area contributed by atoms with E-state index in [0.717, 1.165) is 6.42 Å². The average Bonchev–Trinajstić information content (AvgIpc) is 2.27. The molecule has 0 radical (unpaired) electrons. The van der Waals surface area contributed by atoms with Crippen molar-refractivity contribution in [2.45, 2.75) is 25.4 Å². The maximum atomic E-state index is 12.4. The van der Waals surface area contributed by atoms with Crippen molar-refractivity contribution >= 4 is 6.29 Å². The minimum Gasteiger partial charge on any atom is -0.494 e. The molecule has 17 heavy (non-hydrogen) atoms. The van der Waals surface area contributed by atoms with Crippen LogP contribution >= 0.6 is 0 Å². The maximum Gasteiger partial charge on any atom is 0.402 e. The van der Waals surface area contributed by atoms with E-state index in [4.69, 9.17) is 4.74 Å². The molecule has 2 nitrogen and oxygen atoms in total. The number of alkyl halides is 3. The van der Waals surface area contributed by atoms with Crippen LogP contribution in [-0.4, -0.2) is 19.1 Å². The van der Waals surface area contributed by atoms with E-state index in [1.807, 2.05) is 6.92 Å². The minimum atomic E-state index is -4.55. The summed E-state index contributed by atoms with van der Waals surface area (Å²) in [5, 5.41) is 0. The summed E-state index contributed by atoms with van der Waals surface area (Å²) in [6.07, 6.45) is -3.82. The lowest BCUT2D eigenvalue weighted by atomic mass is 10.0. The van der Waals surface area contributed by atoms with Gasteiger partial charge in [-0.1, -0.05) is 19.1 Å². The topological polar surface area (TPSA) is 26.3 Å². The van der Waals surface area contributed by atoms with E-state index < -0.39 is 12.1 Å². The Kier molecular flexibility index (Phi) is 4.54. The monoisotopic (exact) mass is 246 g/mol. The minimum absolute atomic E-state index is 0.0728. The normalized spacial score (nSPS) is 13.2. The van der Waals surface area contributed by atoms with Crippen LogP contribution in [0.4, 0.5) is 13.2 Å². The van der Waals surface area contributed by atoms with Crippen molar-refractivity contribution in [3.63, 3.8) is 0 Å². The standard InChI is InChI=1S/C12H13F3O2/c1-2-7-17-10-5-3-9(4-6-10)11(8-16)12(13,14)15/h3-6,8,11H,2,7H2,1H3. The Morgan fingerprint density at radius 1 is 1.29 bits per heavy atom. The molecule has 1 aromatic rings. The molecule has 1 unspecified atom stereocenters. The van der Waals surface area contributed by atoms with Gasteiger partial charge in [0.25, 0.3) is 0 Å². The molecule has 0 aromatic heterocycles. The van der Waals surface area contributed by atoms with Gasteiger partial charge in [0.2, 0.25) is 0 Å². The van der Waals surface area contributed by atoms with Gasteiger partial charge in [0.15, 0.2) is 0 Å². The van der Waals surface area contributed by atoms with Gasteiger partial charge < -0.3 is 9.53 Å². The summed E-state index contributed by atoms with van der Waals surface area (Å²) in [5.41, 5.74) is -0.0728. The van der Waals surface area contributed by atoms with E-state index >= 15 is 0 Å². The van der Waals surface area contributed by atoms with Crippen LogP contribution in [0.15, 0.2) is 24.3 Å². The first-order valence-corrected chi connectivity index (χ1v) is 5.23. The van der Waals surface area contributed by atoms with Gasteiger partial charge in [-0.25, -0.2) is 0 Å². The van der Waals surface area contributed by atoms with E-state index in [0.29, 0.717) is 12.4 Å². The van der Waals surface area contributed by atoms with Crippen LogP contribution in [0.1, 0.15) is 24.8 Å². The Morgan fingerprint density at radius 3 is 2.29 bits per heavy atom. The molecule has 1 rings (SSSR count). The second kappa shape index (κ2) is 5.70. The van der Waals surface area contributed by atoms with E-state index in [-0.39, 0.29) is 11.8 Å². The van der Waals surface area contributed by atoms with Crippen molar-refractivity contribution < 1.29 is 22.7 Å². The molecule has 0 amide bonds. The lowest BCUT2D eigenvalue weighted by Crippen LogP contribution is -2.21. The van der Waals surface area contributed by atoms with Crippen LogP contribution in [0.5, 0.6) is 5.75 Å². The number of rotatable bonds is 5. The zero-order chi connectivity index (χ0) is 12.9. The van der Waals surface area contributed by atoms with Gasteiger partial charge in [0.05, 0.1) is 6.61 Å². The summed E-state index contributed by atoms with van der Waals surface area (Å²) < 4.78 is 42.6. The van der Waals surface area contributed by atoms with Crippen molar-refractivity contribution in [3.05, 3.63) is 29.8 Å². The summed E-state index contributed by atoms with van der Waals surface area (Å²) in [6.45, 7) is 2.44. The zero-order valence-corrected chi connectivity index (χ0v) is 9.33. The van der Waals surface area contributed by atoms with Crippen molar-refractivity contribution in [3.8, 4) is 5.75 Å². The summed E-state index contributed by atoms with van der Waals surface area (Å²) >= 11 is 0. The van der Waals surface area contributed by atoms with E-state index in [9.17, 15) is 18.0 Å². The van der Waals surface area contributed by atoms with Gasteiger partial charge in [-0.3, -0.25) is 0 Å². The van der Waals surface area contributed by atoms with Gasteiger partial charge in [-0.15, -0.1) is 0 Å². The summed E-state index contributed by atoms with van der Waals surface area (Å²) in [7, 11) is 0. The number of halogens is 3. The molecule has 0 heterocycles. The Morgan fingerprint density at radius 2 is 1.88 bits per heavy atom. The highest BCUT2D eigenvalue weighted by Crippen LogP contribution is 2.33. The summed E-state index contributed by atoms with van der Waals surface area (Å²) in [6, 6.07) is 5.40. The first kappa shape index (κ1) is 13.5. The van der Waals surface area contributed by atoms with E-state index in [2.05, 4.69) is 0 Å². The average molecular weight is 246 g/mol. The van der Waals surface area contributed by atoms with Crippen LogP contribution < -0.4 is 4.74 Å². The van der Waals surface area contributed by atoms with Gasteiger partial charge in [0, 0.05) is 0 Å². The lowest BCUT2D eigenvalue weighted by molar-refractivity contribution is -0.155. The van der Waals surface area contributed by atoms with Crippen LogP contribution in [0.2, 0.25) is 0 Å². The third-order valence-corrected chi connectivity index (χ3v) is 2.20. The smallest absolute Gasteiger partial charge is 0.402 e. The molecule has 94 valence electrons. The quantitative estimate of drug-likeness (QED) is 0.745. The second-order valence-corrected chi connectivity index (χ2v) is 3.57. The fourth-order valence-corrected chi connectivity index (χ4v) is 1.34.